The first-order chi connectivity index (χ1) is 51.9. The Morgan fingerprint density at radius 3 is 0.719 bits per heavy atom. The molecule has 32 nitrogen and oxygen atoms in total. The van der Waals surface area contributed by atoms with Crippen LogP contribution in [0.5, 0.6) is 23.0 Å². The maximum atomic E-state index is 13.2. The summed E-state index contributed by atoms with van der Waals surface area (Å²) >= 11 is 0. The van der Waals surface area contributed by atoms with Crippen LogP contribution in [0.15, 0.2) is 147 Å². The number of alkyl halides is 16. The first-order valence-electron chi connectivity index (χ1n) is 30.4. The molecule has 0 aromatic heterocycles. The van der Waals surface area contributed by atoms with E-state index in [2.05, 4.69) is 66.5 Å². The Morgan fingerprint density at radius 1 is 0.333 bits per heavy atom. The SMILES string of the molecule is C=C(C)C(=O)Oc1ccc(NC(=O)OCCC(F)(F)C(F)(F)S(=O)(=O)[O-])cc1.C=C(C)C(=O)Oc1ccc(NC(=O)OCCCCC(F)(F)C(F)(F)S(=O)(=O)[O-])cc1.C=CC(=O)Oc1ccc(NC(=O)OCCC(F)(F)C(F)(F)S(=O)(=O)[O-])cc1.C=CC(=O)Oc1ccc(NC(=O)OCCCCC(F)(F)C(F)(F)S(=O)(=O)[O-])cc1. The topological polar surface area (TPSA) is 487 Å². The molecule has 0 atom stereocenters. The highest BCUT2D eigenvalue weighted by atomic mass is 32.2. The van der Waals surface area contributed by atoms with Gasteiger partial charge in [-0.2, -0.15) is 70.2 Å². The molecule has 0 fully saturated rings. The molecule has 0 aliphatic heterocycles. The first-order valence-corrected chi connectivity index (χ1v) is 36.0. The van der Waals surface area contributed by atoms with Crippen molar-refractivity contribution in [3.8, 4) is 23.0 Å². The number of carbonyl (C=O) groups excluding carboxylic acids is 8. The van der Waals surface area contributed by atoms with E-state index in [-0.39, 0.29) is 69.7 Å². The van der Waals surface area contributed by atoms with Gasteiger partial charge in [0, 0.05) is 58.9 Å². The predicted octanol–water partition coefficient (Wildman–Crippen LogP) is 12.3. The number of unbranched alkanes of at least 4 members (excludes halogenated alkanes) is 2. The van der Waals surface area contributed by atoms with E-state index >= 15 is 0 Å². The molecular formula is C62H60F16N4O28S4-4. The molecule has 4 rings (SSSR count). The van der Waals surface area contributed by atoms with Crippen molar-refractivity contribution in [1.82, 2.24) is 0 Å². The number of ether oxygens (including phenoxy) is 8. The lowest BCUT2D eigenvalue weighted by Crippen LogP contribution is -2.47. The van der Waals surface area contributed by atoms with Gasteiger partial charge in [0.05, 0.1) is 39.3 Å². The Morgan fingerprint density at radius 2 is 0.526 bits per heavy atom. The minimum Gasteiger partial charge on any atom is -0.743 e. The van der Waals surface area contributed by atoms with Gasteiger partial charge in [0.2, 0.25) is 0 Å². The number of hydrogen-bond acceptors (Lipinski definition) is 28. The van der Waals surface area contributed by atoms with Crippen molar-refractivity contribution < 1.29 is 198 Å². The van der Waals surface area contributed by atoms with Gasteiger partial charge in [-0.15, -0.1) is 0 Å². The Hall–Kier alpha value is -10.7. The zero-order valence-corrected chi connectivity index (χ0v) is 61.1. The minimum atomic E-state index is -6.61. The lowest BCUT2D eigenvalue weighted by Gasteiger charge is -2.28. The zero-order valence-electron chi connectivity index (χ0n) is 57.8. The monoisotopic (exact) mass is 1740 g/mol. The third-order valence-electron chi connectivity index (χ3n) is 12.8. The van der Waals surface area contributed by atoms with Crippen LogP contribution < -0.4 is 40.2 Å². The predicted molar refractivity (Wildman–Crippen MR) is 354 cm³/mol. The van der Waals surface area contributed by atoms with Crippen molar-refractivity contribution >= 4 is 111 Å². The molecule has 0 aliphatic rings. The number of rotatable bonds is 36. The van der Waals surface area contributed by atoms with Crippen LogP contribution >= 0.6 is 0 Å². The summed E-state index contributed by atoms with van der Waals surface area (Å²) in [6, 6.07) is 21.1. The summed E-state index contributed by atoms with van der Waals surface area (Å²) in [6.07, 6.45) is -11.5. The van der Waals surface area contributed by atoms with Crippen LogP contribution in [-0.2, 0) is 78.6 Å². The highest BCUT2D eigenvalue weighted by molar-refractivity contribution is 7.87. The highest BCUT2D eigenvalue weighted by Crippen LogP contribution is 2.45. The van der Waals surface area contributed by atoms with E-state index in [1.165, 1.54) is 111 Å². The third-order valence-corrected chi connectivity index (χ3v) is 16.5. The molecule has 114 heavy (non-hydrogen) atoms. The van der Waals surface area contributed by atoms with Gasteiger partial charge in [-0.05, 0) is 137 Å². The second kappa shape index (κ2) is 42.4. The van der Waals surface area contributed by atoms with E-state index in [0.29, 0.717) is 0 Å². The summed E-state index contributed by atoms with van der Waals surface area (Å²) < 4.78 is 369. The Labute approximate surface area is 634 Å². The number of anilines is 4. The summed E-state index contributed by atoms with van der Waals surface area (Å²) in [5.41, 5.74) is 1.01. The van der Waals surface area contributed by atoms with Gasteiger partial charge in [0.1, 0.15) is 23.0 Å². The lowest BCUT2D eigenvalue weighted by atomic mass is 10.1. The third kappa shape index (κ3) is 32.4. The van der Waals surface area contributed by atoms with Gasteiger partial charge in [0.15, 0.2) is 40.5 Å². The lowest BCUT2D eigenvalue weighted by molar-refractivity contribution is -0.168. The van der Waals surface area contributed by atoms with Crippen LogP contribution in [0.1, 0.15) is 65.2 Å². The minimum absolute atomic E-state index is 0.0811. The molecule has 0 radical (unpaired) electrons. The first kappa shape index (κ1) is 101. The van der Waals surface area contributed by atoms with Crippen molar-refractivity contribution in [1.29, 1.82) is 0 Å². The highest BCUT2D eigenvalue weighted by Gasteiger charge is 2.64. The fourth-order valence-electron chi connectivity index (χ4n) is 6.83. The molecule has 636 valence electrons. The van der Waals surface area contributed by atoms with Gasteiger partial charge in [-0.25, -0.2) is 72.0 Å². The van der Waals surface area contributed by atoms with Crippen molar-refractivity contribution in [2.75, 3.05) is 47.7 Å². The van der Waals surface area contributed by atoms with Gasteiger partial charge >= 0.3 is 93.0 Å². The molecule has 4 N–H and O–H groups in total. The molecule has 0 bridgehead atoms. The standard InChI is InChI=1S/C17H19F4NO7S.C16H17F4NO7S.C15H15F4NO7S.C14H13F4NO7S/c1-11(2)14(23)29-13-7-5-12(6-8-13)22-15(24)28-10-4-3-9-16(18,19)17(20,21)30(25,26)27;1-2-13(22)28-12-7-5-11(6-8-12)21-14(23)27-10-4-3-9-15(17,18)16(19,20)29(24,25)26;1-9(2)12(21)27-11-5-3-10(4-6-11)20-13(22)26-8-7-14(16,17)15(18,19)28(23,24)25;1-2-11(20)26-10-5-3-9(4-6-10)19-12(21)25-8-7-13(15,16)14(17,18)27(22,23)24/h5-8H,1,3-4,9-10H2,2H3,(H,22,24)(H,25,26,27);2,5-8H,1,3-4,9-10H2,(H,21,23)(H,24,25,26);3-6H,1,7-8H2,2H3,(H,20,22)(H,23,24,25);2-6H,1,7-8H2,(H,19,21)(H,22,23,24)/p-4. The summed E-state index contributed by atoms with van der Waals surface area (Å²) in [7, 11) is -26.3. The van der Waals surface area contributed by atoms with Crippen molar-refractivity contribution in [2.45, 2.75) is 110 Å². The van der Waals surface area contributed by atoms with E-state index in [9.17, 15) is 160 Å². The number of carbonyl (C=O) groups is 8. The molecule has 4 amide bonds. The summed E-state index contributed by atoms with van der Waals surface area (Å²) in [5.74, 6) is -22.7. The Bertz CT molecular complexity index is 4530. The van der Waals surface area contributed by atoms with Gasteiger partial charge in [-0.3, -0.25) is 21.3 Å². The van der Waals surface area contributed by atoms with Crippen LogP contribution in [-0.4, -0.2) is 171 Å². The second-order valence-electron chi connectivity index (χ2n) is 21.8. The summed E-state index contributed by atoms with van der Waals surface area (Å²) in [6.45, 7) is 12.7. The average molecular weight is 1740 g/mol. The molecular weight excluding hydrogens is 1680 g/mol. The normalized spacial score (nSPS) is 12.2. The van der Waals surface area contributed by atoms with Crippen LogP contribution in [0.2, 0.25) is 0 Å². The number of nitrogens with one attached hydrogen (secondary N) is 4. The summed E-state index contributed by atoms with van der Waals surface area (Å²) in [5, 5.41) is -14.5. The maximum Gasteiger partial charge on any atom is 0.411 e. The molecule has 4 aromatic carbocycles. The second-order valence-corrected chi connectivity index (χ2v) is 27.5. The van der Waals surface area contributed by atoms with E-state index in [1.807, 2.05) is 0 Å². The number of esters is 4. The summed E-state index contributed by atoms with van der Waals surface area (Å²) in [4.78, 5) is 90.7. The smallest absolute Gasteiger partial charge is 0.411 e. The number of benzene rings is 4. The molecule has 0 spiro atoms. The zero-order chi connectivity index (χ0) is 88.1. The van der Waals surface area contributed by atoms with Crippen molar-refractivity contribution in [3.63, 3.8) is 0 Å². The van der Waals surface area contributed by atoms with E-state index in [1.54, 1.807) is 0 Å². The molecule has 0 unspecified atom stereocenters. The molecule has 52 heteroatoms. The maximum absolute atomic E-state index is 13.2. The van der Waals surface area contributed by atoms with E-state index in [4.69, 9.17) is 18.9 Å². The van der Waals surface area contributed by atoms with Gasteiger partial charge in [-0.1, -0.05) is 26.3 Å². The number of halogens is 16. The molecule has 0 saturated heterocycles. The molecule has 4 aromatic rings. The molecule has 0 heterocycles. The molecule has 0 saturated carbocycles. The van der Waals surface area contributed by atoms with Crippen LogP contribution in [0.4, 0.5) is 112 Å². The van der Waals surface area contributed by atoms with Crippen molar-refractivity contribution in [3.05, 3.63) is 147 Å². The van der Waals surface area contributed by atoms with Gasteiger partial charge in [0.25, 0.3) is 0 Å². The van der Waals surface area contributed by atoms with Crippen LogP contribution in [0, 0.1) is 0 Å². The Balaban J connectivity index is 0.000000761. The Kier molecular flexibility index (Phi) is 37.7. The quantitative estimate of drug-likeness (QED) is 0.00625. The van der Waals surface area contributed by atoms with E-state index in [0.717, 1.165) is 12.2 Å². The van der Waals surface area contributed by atoms with Crippen molar-refractivity contribution in [2.24, 2.45) is 0 Å². The number of hydrogen-bond donors (Lipinski definition) is 4. The van der Waals surface area contributed by atoms with Crippen LogP contribution in [0.3, 0.4) is 0 Å². The molecule has 0 aliphatic carbocycles. The number of amides is 4. The van der Waals surface area contributed by atoms with Gasteiger partial charge < -0.3 is 56.1 Å². The largest absolute Gasteiger partial charge is 0.743 e. The fraction of sp³-hybridized carbons (Fsp3) is 0.355. The average Bonchev–Trinajstić information content (AvgIpc) is 0.796. The van der Waals surface area contributed by atoms with Crippen LogP contribution in [0.25, 0.3) is 0 Å². The van der Waals surface area contributed by atoms with E-state index < -0.39 is 198 Å². The fourth-order valence-corrected chi connectivity index (χ4v) is 8.70.